The third-order valence-electron chi connectivity index (χ3n) is 4.04. The van der Waals surface area contributed by atoms with Crippen LogP contribution in [-0.4, -0.2) is 0 Å². The summed E-state index contributed by atoms with van der Waals surface area (Å²) in [4.78, 5) is 0. The third kappa shape index (κ3) is 3.74. The van der Waals surface area contributed by atoms with Gasteiger partial charge in [-0.3, -0.25) is 0 Å². The number of rotatable bonds is 3. The summed E-state index contributed by atoms with van der Waals surface area (Å²) in [5.74, 6) is -7.12. The van der Waals surface area contributed by atoms with Crippen LogP contribution in [0.1, 0.15) is 12.5 Å². The zero-order valence-electron chi connectivity index (χ0n) is 14.0. The van der Waals surface area contributed by atoms with Gasteiger partial charge in [-0.2, -0.15) is 0 Å². The zero-order valence-corrected chi connectivity index (χ0v) is 14.0. The van der Waals surface area contributed by atoms with Crippen LogP contribution in [0.2, 0.25) is 0 Å². The molecular formula is C21H12F6. The van der Waals surface area contributed by atoms with E-state index in [0.717, 1.165) is 25.1 Å². The Balaban J connectivity index is 1.95. The molecule has 0 aliphatic carbocycles. The minimum Gasteiger partial charge on any atom is -0.209 e. The van der Waals surface area contributed by atoms with Gasteiger partial charge in [-0.1, -0.05) is 36.4 Å². The van der Waals surface area contributed by atoms with Crippen LogP contribution in [0.5, 0.6) is 0 Å². The summed E-state index contributed by atoms with van der Waals surface area (Å²) in [7, 11) is 0. The minimum atomic E-state index is -1.55. The van der Waals surface area contributed by atoms with Crippen molar-refractivity contribution < 1.29 is 26.3 Å². The highest BCUT2D eigenvalue weighted by atomic mass is 19.2. The summed E-state index contributed by atoms with van der Waals surface area (Å²) in [5, 5.41) is 0. The van der Waals surface area contributed by atoms with Crippen LogP contribution < -0.4 is 0 Å². The molecule has 3 aromatic carbocycles. The first-order chi connectivity index (χ1) is 12.8. The molecule has 0 N–H and O–H groups in total. The molecule has 27 heavy (non-hydrogen) atoms. The Bertz CT molecular complexity index is 1010. The summed E-state index contributed by atoms with van der Waals surface area (Å²) < 4.78 is 80.5. The van der Waals surface area contributed by atoms with Gasteiger partial charge in [0.15, 0.2) is 23.3 Å². The molecule has 0 nitrogen and oxygen atoms in total. The van der Waals surface area contributed by atoms with Crippen LogP contribution in [0.15, 0.2) is 60.4 Å². The summed E-state index contributed by atoms with van der Waals surface area (Å²) in [6, 6.07) is 11.1. The molecule has 0 fully saturated rings. The molecule has 0 amide bonds. The predicted octanol–water partition coefficient (Wildman–Crippen LogP) is 7.20. The third-order valence-corrected chi connectivity index (χ3v) is 4.04. The lowest BCUT2D eigenvalue weighted by molar-refractivity contribution is 0.448. The van der Waals surface area contributed by atoms with E-state index in [0.29, 0.717) is 11.1 Å². The van der Waals surface area contributed by atoms with Crippen LogP contribution in [-0.2, 0) is 0 Å². The van der Waals surface area contributed by atoms with Gasteiger partial charge in [-0.05, 0) is 41.8 Å². The van der Waals surface area contributed by atoms with Gasteiger partial charge in [0.25, 0.3) is 0 Å². The van der Waals surface area contributed by atoms with Gasteiger partial charge >= 0.3 is 0 Å². The lowest BCUT2D eigenvalue weighted by atomic mass is 9.98. The van der Waals surface area contributed by atoms with Crippen LogP contribution in [0.4, 0.5) is 26.3 Å². The number of halogens is 6. The number of hydrogen-bond donors (Lipinski definition) is 0. The van der Waals surface area contributed by atoms with Gasteiger partial charge in [-0.15, -0.1) is 0 Å². The van der Waals surface area contributed by atoms with E-state index in [2.05, 4.69) is 0 Å². The van der Waals surface area contributed by atoms with E-state index in [9.17, 15) is 26.3 Å². The second kappa shape index (κ2) is 7.31. The summed E-state index contributed by atoms with van der Waals surface area (Å²) in [5.41, 5.74) is 0.874. The smallest absolute Gasteiger partial charge is 0.194 e. The molecule has 0 bridgehead atoms. The fourth-order valence-corrected chi connectivity index (χ4v) is 2.65. The molecule has 138 valence electrons. The van der Waals surface area contributed by atoms with Gasteiger partial charge in [0.05, 0.1) is 0 Å². The Morgan fingerprint density at radius 3 is 1.70 bits per heavy atom. The van der Waals surface area contributed by atoms with Crippen molar-refractivity contribution in [3.05, 3.63) is 89.3 Å². The van der Waals surface area contributed by atoms with E-state index in [1.54, 1.807) is 0 Å². The summed E-state index contributed by atoms with van der Waals surface area (Å²) in [6.45, 7) is 0.932. The SMILES string of the molecule is C/C(F)=C(\F)c1ccc(-c2ccc(-c3cc(F)c(F)c(F)c3)cc2)c(F)c1. The van der Waals surface area contributed by atoms with E-state index in [4.69, 9.17) is 0 Å². The molecule has 0 saturated heterocycles. The highest BCUT2D eigenvalue weighted by Gasteiger charge is 2.13. The lowest BCUT2D eigenvalue weighted by Crippen LogP contribution is -1.92. The quantitative estimate of drug-likeness (QED) is 0.334. The van der Waals surface area contributed by atoms with Crippen molar-refractivity contribution in [2.75, 3.05) is 0 Å². The first-order valence-corrected chi connectivity index (χ1v) is 7.85. The molecule has 0 unspecified atom stereocenters. The maximum Gasteiger partial charge on any atom is 0.194 e. The average molecular weight is 378 g/mol. The average Bonchev–Trinajstić information content (AvgIpc) is 2.65. The van der Waals surface area contributed by atoms with Crippen molar-refractivity contribution in [3.8, 4) is 22.3 Å². The first kappa shape index (κ1) is 18.8. The van der Waals surface area contributed by atoms with Crippen molar-refractivity contribution >= 4 is 5.83 Å². The van der Waals surface area contributed by atoms with Crippen molar-refractivity contribution in [2.45, 2.75) is 6.92 Å². The van der Waals surface area contributed by atoms with Gasteiger partial charge < -0.3 is 0 Å². The van der Waals surface area contributed by atoms with Gasteiger partial charge in [-0.25, -0.2) is 26.3 Å². The van der Waals surface area contributed by atoms with Crippen LogP contribution in [0.3, 0.4) is 0 Å². The molecule has 0 aromatic heterocycles. The predicted molar refractivity (Wildman–Crippen MR) is 92.0 cm³/mol. The molecule has 0 atom stereocenters. The highest BCUT2D eigenvalue weighted by Crippen LogP contribution is 2.30. The second-order valence-corrected chi connectivity index (χ2v) is 5.87. The Kier molecular flexibility index (Phi) is 5.08. The summed E-state index contributed by atoms with van der Waals surface area (Å²) >= 11 is 0. The van der Waals surface area contributed by atoms with E-state index < -0.39 is 34.9 Å². The topological polar surface area (TPSA) is 0 Å². The first-order valence-electron chi connectivity index (χ1n) is 7.85. The van der Waals surface area contributed by atoms with Crippen LogP contribution >= 0.6 is 0 Å². The number of benzene rings is 3. The Morgan fingerprint density at radius 1 is 0.630 bits per heavy atom. The Hall–Kier alpha value is -3.02. The summed E-state index contributed by atoms with van der Waals surface area (Å²) in [6.07, 6.45) is 0. The largest absolute Gasteiger partial charge is 0.209 e. The molecule has 0 aliphatic heterocycles. The zero-order chi connectivity index (χ0) is 19.7. The molecule has 3 rings (SSSR count). The van der Waals surface area contributed by atoms with E-state index in [-0.39, 0.29) is 16.7 Å². The Labute approximate surface area is 151 Å². The van der Waals surface area contributed by atoms with Crippen molar-refractivity contribution in [2.24, 2.45) is 0 Å². The van der Waals surface area contributed by atoms with Crippen molar-refractivity contribution in [3.63, 3.8) is 0 Å². The fraction of sp³-hybridized carbons (Fsp3) is 0.0476. The normalized spacial score (nSPS) is 12.1. The second-order valence-electron chi connectivity index (χ2n) is 5.87. The Morgan fingerprint density at radius 2 is 1.19 bits per heavy atom. The highest BCUT2D eigenvalue weighted by molar-refractivity contribution is 5.72. The standard InChI is InChI=1S/C21H12F6/c1-11(22)20(26)14-6-7-16(17(23)8-14)13-4-2-12(3-5-13)15-9-18(24)21(27)19(25)10-15/h2-10H,1H3/b20-11+. The van der Waals surface area contributed by atoms with E-state index in [1.165, 1.54) is 36.4 Å². The molecule has 3 aromatic rings. The molecule has 0 spiro atoms. The molecule has 0 radical (unpaired) electrons. The molecule has 0 heterocycles. The van der Waals surface area contributed by atoms with Crippen molar-refractivity contribution in [1.29, 1.82) is 0 Å². The maximum absolute atomic E-state index is 14.3. The van der Waals surface area contributed by atoms with Gasteiger partial charge in [0.1, 0.15) is 11.6 Å². The molecular weight excluding hydrogens is 366 g/mol. The monoisotopic (exact) mass is 378 g/mol. The number of allylic oxidation sites excluding steroid dienone is 1. The molecule has 6 heteroatoms. The van der Waals surface area contributed by atoms with Crippen molar-refractivity contribution in [1.82, 2.24) is 0 Å². The van der Waals surface area contributed by atoms with Gasteiger partial charge in [0.2, 0.25) is 0 Å². The molecule has 0 saturated carbocycles. The van der Waals surface area contributed by atoms with E-state index >= 15 is 0 Å². The van der Waals surface area contributed by atoms with E-state index in [1.807, 2.05) is 0 Å². The number of hydrogen-bond acceptors (Lipinski definition) is 0. The van der Waals surface area contributed by atoms with Gasteiger partial charge in [0, 0.05) is 11.1 Å². The van der Waals surface area contributed by atoms with Crippen LogP contribution in [0, 0.1) is 23.3 Å². The fourth-order valence-electron chi connectivity index (χ4n) is 2.65. The molecule has 0 aliphatic rings. The lowest BCUT2D eigenvalue weighted by Gasteiger charge is -2.08. The maximum atomic E-state index is 14.3. The minimum absolute atomic E-state index is 0.124. The van der Waals surface area contributed by atoms with Crippen LogP contribution in [0.25, 0.3) is 28.1 Å².